The van der Waals surface area contributed by atoms with Crippen LogP contribution in [0.2, 0.25) is 0 Å². The molecule has 0 radical (unpaired) electrons. The predicted octanol–water partition coefficient (Wildman–Crippen LogP) is -0.794. The number of aromatic nitrogens is 1. The van der Waals surface area contributed by atoms with Gasteiger partial charge in [-0.25, -0.2) is 4.98 Å². The largest absolute Gasteiger partial charge is 0.397 e. The van der Waals surface area contributed by atoms with Gasteiger partial charge < -0.3 is 26.2 Å². The first-order valence-electron chi connectivity index (χ1n) is 5.39. The highest BCUT2D eigenvalue weighted by Crippen LogP contribution is 2.17. The van der Waals surface area contributed by atoms with Crippen molar-refractivity contribution in [3.05, 3.63) is 17.8 Å². The van der Waals surface area contributed by atoms with E-state index in [1.807, 2.05) is 0 Å². The molecule has 100 valence electrons. The van der Waals surface area contributed by atoms with Crippen LogP contribution < -0.4 is 16.4 Å². The smallest absolute Gasteiger partial charge is 0.250 e. The van der Waals surface area contributed by atoms with Crippen LogP contribution >= 0.6 is 0 Å². The van der Waals surface area contributed by atoms with E-state index in [4.69, 9.17) is 16.2 Å². The fourth-order valence-corrected chi connectivity index (χ4v) is 1.53. The molecular formula is C11H18N4O3. The van der Waals surface area contributed by atoms with E-state index in [9.17, 15) is 9.90 Å². The van der Waals surface area contributed by atoms with Crippen LogP contribution in [0, 0.1) is 0 Å². The minimum atomic E-state index is -0.642. The number of anilines is 2. The number of likely N-dealkylation sites (N-methyl/N-ethyl adjacent to an activating group) is 1. The number of hydrogen-bond acceptors (Lipinski definition) is 6. The summed E-state index contributed by atoms with van der Waals surface area (Å²) in [5.41, 5.74) is 11.2. The molecule has 7 nitrogen and oxygen atoms in total. The zero-order chi connectivity index (χ0) is 13.7. The van der Waals surface area contributed by atoms with Crippen molar-refractivity contribution >= 4 is 17.4 Å². The summed E-state index contributed by atoms with van der Waals surface area (Å²) in [7, 11) is 3.25. The number of aliphatic hydroxyl groups is 1. The molecule has 1 heterocycles. The molecular weight excluding hydrogens is 236 g/mol. The monoisotopic (exact) mass is 254 g/mol. The number of hydrogen-bond donors (Lipinski definition) is 3. The van der Waals surface area contributed by atoms with Crippen LogP contribution in [-0.2, 0) is 4.74 Å². The number of nitrogens with zero attached hydrogens (tertiary/aromatic N) is 2. The van der Waals surface area contributed by atoms with Gasteiger partial charge >= 0.3 is 0 Å². The molecule has 0 aliphatic heterocycles. The van der Waals surface area contributed by atoms with Crippen molar-refractivity contribution in [1.82, 2.24) is 4.98 Å². The Morgan fingerprint density at radius 3 is 2.89 bits per heavy atom. The number of nitrogen functional groups attached to an aromatic ring is 1. The second-order valence-corrected chi connectivity index (χ2v) is 3.98. The average Bonchev–Trinajstić information content (AvgIpc) is 2.29. The summed E-state index contributed by atoms with van der Waals surface area (Å²) < 4.78 is 4.83. The average molecular weight is 254 g/mol. The van der Waals surface area contributed by atoms with Crippen molar-refractivity contribution in [2.75, 3.05) is 37.9 Å². The minimum Gasteiger partial charge on any atom is -0.397 e. The molecule has 0 aromatic carbocycles. The fourth-order valence-electron chi connectivity index (χ4n) is 1.53. The Labute approximate surface area is 105 Å². The number of pyridine rings is 1. The van der Waals surface area contributed by atoms with Crippen LogP contribution in [0.15, 0.2) is 12.3 Å². The molecule has 0 bridgehead atoms. The molecule has 0 saturated heterocycles. The van der Waals surface area contributed by atoms with Gasteiger partial charge in [-0.2, -0.15) is 0 Å². The summed E-state index contributed by atoms with van der Waals surface area (Å²) in [6.45, 7) is 0.547. The molecule has 0 aliphatic rings. The van der Waals surface area contributed by atoms with Crippen LogP contribution in [0.1, 0.15) is 10.4 Å². The Kier molecular flexibility index (Phi) is 4.87. The third-order valence-corrected chi connectivity index (χ3v) is 2.42. The van der Waals surface area contributed by atoms with Crippen LogP contribution in [0.3, 0.4) is 0 Å². The molecule has 7 heteroatoms. The van der Waals surface area contributed by atoms with Crippen molar-refractivity contribution < 1.29 is 14.6 Å². The first kappa shape index (κ1) is 14.2. The highest BCUT2D eigenvalue weighted by molar-refractivity contribution is 5.98. The van der Waals surface area contributed by atoms with Gasteiger partial charge in [0.05, 0.1) is 30.2 Å². The molecule has 1 unspecified atom stereocenters. The lowest BCUT2D eigenvalue weighted by Crippen LogP contribution is -2.32. The summed E-state index contributed by atoms with van der Waals surface area (Å²) in [6.07, 6.45) is 0.727. The Balaban J connectivity index is 2.83. The lowest BCUT2D eigenvalue weighted by molar-refractivity contribution is 0.0694. The summed E-state index contributed by atoms with van der Waals surface area (Å²) in [5, 5.41) is 9.60. The second kappa shape index (κ2) is 6.18. The third kappa shape index (κ3) is 3.57. The maximum absolute atomic E-state index is 11.1. The quantitative estimate of drug-likeness (QED) is 0.612. The number of amides is 1. The SMILES string of the molecule is COCC(O)CN(C)c1cc(C(N)=O)c(N)cn1. The van der Waals surface area contributed by atoms with E-state index in [2.05, 4.69) is 4.98 Å². The molecule has 0 aliphatic carbocycles. The van der Waals surface area contributed by atoms with Gasteiger partial charge in [0.2, 0.25) is 0 Å². The number of rotatable bonds is 6. The zero-order valence-corrected chi connectivity index (χ0v) is 10.5. The summed E-state index contributed by atoms with van der Waals surface area (Å²) in [4.78, 5) is 16.9. The van der Waals surface area contributed by atoms with E-state index in [0.29, 0.717) is 12.4 Å². The Hall–Kier alpha value is -1.86. The summed E-state index contributed by atoms with van der Waals surface area (Å²) in [5.74, 6) is -0.102. The van der Waals surface area contributed by atoms with Crippen LogP contribution in [0.5, 0.6) is 0 Å². The molecule has 1 aromatic heterocycles. The number of methoxy groups -OCH3 is 1. The van der Waals surface area contributed by atoms with E-state index < -0.39 is 12.0 Å². The molecule has 0 spiro atoms. The van der Waals surface area contributed by atoms with Crippen molar-refractivity contribution in [3.63, 3.8) is 0 Å². The van der Waals surface area contributed by atoms with Crippen LogP contribution in [0.25, 0.3) is 0 Å². The Morgan fingerprint density at radius 2 is 2.33 bits per heavy atom. The van der Waals surface area contributed by atoms with Gasteiger partial charge in [0.25, 0.3) is 5.91 Å². The maximum Gasteiger partial charge on any atom is 0.250 e. The van der Waals surface area contributed by atoms with Gasteiger partial charge in [-0.15, -0.1) is 0 Å². The fraction of sp³-hybridized carbons (Fsp3) is 0.455. The normalized spacial score (nSPS) is 12.2. The number of primary amides is 1. The first-order chi connectivity index (χ1) is 8.45. The van der Waals surface area contributed by atoms with Gasteiger partial charge in [0, 0.05) is 20.7 Å². The van der Waals surface area contributed by atoms with E-state index in [0.717, 1.165) is 0 Å². The highest BCUT2D eigenvalue weighted by Gasteiger charge is 2.13. The van der Waals surface area contributed by atoms with Gasteiger partial charge in [-0.3, -0.25) is 4.79 Å². The lowest BCUT2D eigenvalue weighted by Gasteiger charge is -2.21. The number of ether oxygens (including phenoxy) is 1. The maximum atomic E-state index is 11.1. The topological polar surface area (TPSA) is 115 Å². The number of aliphatic hydroxyl groups excluding tert-OH is 1. The summed E-state index contributed by atoms with van der Waals surface area (Å²) in [6, 6.07) is 1.50. The molecule has 1 aromatic rings. The molecule has 1 amide bonds. The zero-order valence-electron chi connectivity index (χ0n) is 10.5. The van der Waals surface area contributed by atoms with Crippen molar-refractivity contribution in [3.8, 4) is 0 Å². The molecule has 0 saturated carbocycles. The second-order valence-electron chi connectivity index (χ2n) is 3.98. The molecule has 0 fully saturated rings. The molecule has 18 heavy (non-hydrogen) atoms. The predicted molar refractivity (Wildman–Crippen MR) is 68.3 cm³/mol. The molecule has 1 atom stereocenters. The summed E-state index contributed by atoms with van der Waals surface area (Å²) >= 11 is 0. The lowest BCUT2D eigenvalue weighted by atomic mass is 10.2. The highest BCUT2D eigenvalue weighted by atomic mass is 16.5. The third-order valence-electron chi connectivity index (χ3n) is 2.42. The molecule has 1 rings (SSSR count). The van der Waals surface area contributed by atoms with E-state index in [-0.39, 0.29) is 17.9 Å². The van der Waals surface area contributed by atoms with E-state index >= 15 is 0 Å². The Bertz CT molecular complexity index is 425. The first-order valence-corrected chi connectivity index (χ1v) is 5.39. The van der Waals surface area contributed by atoms with Gasteiger partial charge in [0.15, 0.2) is 0 Å². The standard InChI is InChI=1S/C11H18N4O3/c1-15(5-7(16)6-18-2)10-3-8(11(13)17)9(12)4-14-10/h3-4,7,16H,5-6,12H2,1-2H3,(H2,13,17). The van der Waals surface area contributed by atoms with Gasteiger partial charge in [0.1, 0.15) is 5.82 Å². The van der Waals surface area contributed by atoms with E-state index in [1.54, 1.807) is 11.9 Å². The number of carbonyl (C=O) groups is 1. The van der Waals surface area contributed by atoms with E-state index in [1.165, 1.54) is 19.4 Å². The Morgan fingerprint density at radius 1 is 1.67 bits per heavy atom. The number of carbonyl (C=O) groups excluding carboxylic acids is 1. The van der Waals surface area contributed by atoms with Crippen molar-refractivity contribution in [1.29, 1.82) is 0 Å². The van der Waals surface area contributed by atoms with Crippen LogP contribution in [-0.4, -0.2) is 49.4 Å². The minimum absolute atomic E-state index is 0.216. The number of nitrogens with two attached hydrogens (primary N) is 2. The van der Waals surface area contributed by atoms with Gasteiger partial charge in [-0.1, -0.05) is 0 Å². The van der Waals surface area contributed by atoms with Crippen molar-refractivity contribution in [2.45, 2.75) is 6.10 Å². The van der Waals surface area contributed by atoms with Crippen LogP contribution in [0.4, 0.5) is 11.5 Å². The molecule has 5 N–H and O–H groups in total. The van der Waals surface area contributed by atoms with Crippen molar-refractivity contribution in [2.24, 2.45) is 5.73 Å². The van der Waals surface area contributed by atoms with Gasteiger partial charge in [-0.05, 0) is 6.07 Å².